The molecule has 1 atom stereocenters. The molecule has 2 amide bonds. The summed E-state index contributed by atoms with van der Waals surface area (Å²) in [6.07, 6.45) is 3.03. The van der Waals surface area contributed by atoms with Crippen molar-refractivity contribution in [2.45, 2.75) is 115 Å². The molecular weight excluding hydrogens is 689 g/mol. The highest BCUT2D eigenvalue weighted by Gasteiger charge is 2.51. The number of rotatable bonds is 6. The first-order valence-corrected chi connectivity index (χ1v) is 19.7. The van der Waals surface area contributed by atoms with Gasteiger partial charge in [0.2, 0.25) is 5.60 Å². The maximum absolute atomic E-state index is 14.3. The SMILES string of the molecule is CC[C@@]1(OC(=O)CNC(=O)OC(C)(C)C)C(=O)OCc2c1cc1n(c2=O)Cc2c-1nc1ccc(NC(=O)OC(C)(C)C)cc1c2S(C)(C)C(C)(C)C. The standard InChI is InChI=1S/C38H50N4O9S/c1-13-38(49-28(43)18-39-33(46)50-35(2,3)4)25-17-27-29-23(19-42(27)31(44)24(25)20-48-32(38)45)30(52(11,12)37(8,9)10)22-16-21(14-15-26(22)41-29)40-34(47)51-36(5,6)7/h14-17H,13,18-20H2,1-12H3,(H,39,46)(H,40,47)/t38-/m0/s1. The summed E-state index contributed by atoms with van der Waals surface area (Å²) in [4.78, 5) is 72.1. The number of nitrogens with zero attached hydrogens (tertiary/aromatic N) is 2. The van der Waals surface area contributed by atoms with Crippen molar-refractivity contribution in [3.63, 3.8) is 0 Å². The molecule has 2 aliphatic heterocycles. The molecule has 0 fully saturated rings. The zero-order chi connectivity index (χ0) is 38.8. The summed E-state index contributed by atoms with van der Waals surface area (Å²) >= 11 is 0. The Hall–Kier alpha value is -4.59. The van der Waals surface area contributed by atoms with Crippen LogP contribution in [0.1, 0.15) is 92.3 Å². The molecule has 2 N–H and O–H groups in total. The first-order chi connectivity index (χ1) is 23.9. The normalized spacial score (nSPS) is 17.3. The maximum Gasteiger partial charge on any atom is 0.412 e. The van der Waals surface area contributed by atoms with Gasteiger partial charge in [-0.05, 0) is 89.5 Å². The van der Waals surface area contributed by atoms with E-state index in [2.05, 4.69) is 43.9 Å². The van der Waals surface area contributed by atoms with E-state index in [0.29, 0.717) is 22.6 Å². The number of aromatic nitrogens is 2. The number of amides is 2. The van der Waals surface area contributed by atoms with Gasteiger partial charge >= 0.3 is 24.1 Å². The van der Waals surface area contributed by atoms with Crippen molar-refractivity contribution < 1.29 is 38.1 Å². The topological polar surface area (TPSA) is 164 Å². The molecule has 4 heterocycles. The van der Waals surface area contributed by atoms with Gasteiger partial charge in [0.05, 0.1) is 29.0 Å². The van der Waals surface area contributed by atoms with Gasteiger partial charge in [-0.1, -0.05) is 27.7 Å². The Morgan fingerprint density at radius 1 is 0.942 bits per heavy atom. The van der Waals surface area contributed by atoms with Crippen LogP contribution >= 0.6 is 10.0 Å². The molecule has 0 saturated carbocycles. The Balaban J connectivity index is 1.64. The van der Waals surface area contributed by atoms with E-state index in [1.54, 1.807) is 65.2 Å². The first kappa shape index (κ1) is 38.6. The number of alkyl carbamates (subject to hydrolysis) is 1. The van der Waals surface area contributed by atoms with Crippen molar-refractivity contribution in [1.29, 1.82) is 0 Å². The Kier molecular flexibility index (Phi) is 9.75. The van der Waals surface area contributed by atoms with E-state index in [4.69, 9.17) is 23.9 Å². The number of carbonyl (C=O) groups is 4. The Bertz CT molecular complexity index is 2050. The number of esters is 2. The highest BCUT2D eigenvalue weighted by atomic mass is 32.3. The Morgan fingerprint density at radius 2 is 1.58 bits per heavy atom. The summed E-state index contributed by atoms with van der Waals surface area (Å²) in [6.45, 7) is 18.0. The molecule has 0 bridgehead atoms. The second kappa shape index (κ2) is 13.1. The second-order valence-corrected chi connectivity index (χ2v) is 20.8. The van der Waals surface area contributed by atoms with Crippen LogP contribution in [-0.4, -0.2) is 68.7 Å². The molecule has 0 unspecified atom stereocenters. The van der Waals surface area contributed by atoms with Crippen molar-refractivity contribution in [2.75, 3.05) is 24.4 Å². The van der Waals surface area contributed by atoms with Gasteiger partial charge in [0.15, 0.2) is 0 Å². The highest BCUT2D eigenvalue weighted by Crippen LogP contribution is 2.64. The molecule has 13 nitrogen and oxygen atoms in total. The van der Waals surface area contributed by atoms with E-state index in [1.165, 1.54) is 0 Å². The number of anilines is 1. The van der Waals surface area contributed by atoms with Gasteiger partial charge in [-0.15, -0.1) is 0 Å². The molecule has 3 aromatic rings. The third-order valence-electron chi connectivity index (χ3n) is 9.35. The van der Waals surface area contributed by atoms with E-state index in [9.17, 15) is 24.0 Å². The van der Waals surface area contributed by atoms with Crippen molar-refractivity contribution in [2.24, 2.45) is 0 Å². The molecule has 5 rings (SSSR count). The maximum atomic E-state index is 14.3. The van der Waals surface area contributed by atoms with Crippen molar-refractivity contribution in [1.82, 2.24) is 14.9 Å². The Labute approximate surface area is 305 Å². The lowest BCUT2D eigenvalue weighted by Gasteiger charge is -2.46. The number of hydrogen-bond donors (Lipinski definition) is 2. The van der Waals surface area contributed by atoms with Crippen LogP contribution in [0.3, 0.4) is 0 Å². The average Bonchev–Trinajstić information content (AvgIpc) is 3.36. The van der Waals surface area contributed by atoms with Crippen LogP contribution in [-0.2, 0) is 47.3 Å². The first-order valence-electron chi connectivity index (χ1n) is 17.2. The van der Waals surface area contributed by atoms with Gasteiger partial charge in [-0.25, -0.2) is 29.4 Å². The number of ether oxygens (including phenoxy) is 4. The zero-order valence-electron chi connectivity index (χ0n) is 32.1. The molecule has 2 aliphatic rings. The van der Waals surface area contributed by atoms with E-state index in [0.717, 1.165) is 15.8 Å². The molecule has 0 spiro atoms. The van der Waals surface area contributed by atoms with Gasteiger partial charge < -0.3 is 28.8 Å². The molecule has 0 radical (unpaired) electrons. The summed E-state index contributed by atoms with van der Waals surface area (Å²) in [5.41, 5.74) is -0.219. The zero-order valence-corrected chi connectivity index (χ0v) is 32.9. The molecular formula is C38H50N4O9S. The van der Waals surface area contributed by atoms with Crippen LogP contribution in [0.15, 0.2) is 34.0 Å². The third kappa shape index (κ3) is 7.22. The molecule has 2 aromatic heterocycles. The number of benzene rings is 1. The van der Waals surface area contributed by atoms with Gasteiger partial charge in [0.25, 0.3) is 5.56 Å². The van der Waals surface area contributed by atoms with Crippen molar-refractivity contribution in [3.05, 3.63) is 51.3 Å². The van der Waals surface area contributed by atoms with Crippen LogP contribution in [0.25, 0.3) is 22.3 Å². The van der Waals surface area contributed by atoms with Crippen LogP contribution in [0.4, 0.5) is 15.3 Å². The lowest BCUT2D eigenvalue weighted by Crippen LogP contribution is -2.49. The largest absolute Gasteiger partial charge is 0.457 e. The number of cyclic esters (lactones) is 1. The van der Waals surface area contributed by atoms with Gasteiger partial charge in [-0.2, -0.15) is 0 Å². The number of hydrogen-bond acceptors (Lipinski definition) is 10. The fourth-order valence-corrected chi connectivity index (χ4v) is 8.38. The molecule has 282 valence electrons. The van der Waals surface area contributed by atoms with Crippen molar-refractivity contribution in [3.8, 4) is 11.4 Å². The Morgan fingerprint density at radius 3 is 2.17 bits per heavy atom. The molecule has 52 heavy (non-hydrogen) atoms. The van der Waals surface area contributed by atoms with E-state index in [1.807, 2.05) is 12.1 Å². The second-order valence-electron chi connectivity index (χ2n) is 16.5. The molecule has 1 aromatic carbocycles. The monoisotopic (exact) mass is 738 g/mol. The summed E-state index contributed by atoms with van der Waals surface area (Å²) in [7, 11) is -1.62. The lowest BCUT2D eigenvalue weighted by atomic mass is 9.85. The van der Waals surface area contributed by atoms with Crippen molar-refractivity contribution >= 4 is 50.7 Å². The minimum atomic E-state index is -1.93. The van der Waals surface area contributed by atoms with Gasteiger partial charge in [-0.3, -0.25) is 14.9 Å². The highest BCUT2D eigenvalue weighted by molar-refractivity contribution is 8.33. The number of pyridine rings is 2. The summed E-state index contributed by atoms with van der Waals surface area (Å²) in [5, 5.41) is 6.05. The molecule has 14 heteroatoms. The smallest absolute Gasteiger partial charge is 0.412 e. The van der Waals surface area contributed by atoms with Crippen LogP contribution in [0.2, 0.25) is 0 Å². The van der Waals surface area contributed by atoms with Gasteiger partial charge in [0.1, 0.15) is 24.4 Å². The van der Waals surface area contributed by atoms with Gasteiger partial charge in [0, 0.05) is 27.1 Å². The summed E-state index contributed by atoms with van der Waals surface area (Å²) in [6, 6.07) is 7.20. The third-order valence-corrected chi connectivity index (χ3v) is 13.9. The average molecular weight is 739 g/mol. The van der Waals surface area contributed by atoms with Crippen LogP contribution < -0.4 is 16.2 Å². The quantitative estimate of drug-likeness (QED) is 0.160. The minimum absolute atomic E-state index is 0.0300. The van der Waals surface area contributed by atoms with E-state index in [-0.39, 0.29) is 41.0 Å². The summed E-state index contributed by atoms with van der Waals surface area (Å²) < 4.78 is 23.5. The van der Waals surface area contributed by atoms with E-state index >= 15 is 0 Å². The predicted molar refractivity (Wildman–Crippen MR) is 200 cm³/mol. The van der Waals surface area contributed by atoms with Crippen LogP contribution in [0.5, 0.6) is 0 Å². The minimum Gasteiger partial charge on any atom is -0.457 e. The number of fused-ring (bicyclic) bond motifs is 5. The molecule has 0 aliphatic carbocycles. The number of nitrogens with one attached hydrogen (secondary N) is 2. The summed E-state index contributed by atoms with van der Waals surface area (Å²) in [5.74, 6) is -1.72. The van der Waals surface area contributed by atoms with Crippen LogP contribution in [0, 0.1) is 0 Å². The predicted octanol–water partition coefficient (Wildman–Crippen LogP) is 6.72. The number of carbonyl (C=O) groups excluding carboxylic acids is 4. The fraction of sp³-hybridized carbons (Fsp3) is 0.526. The fourth-order valence-electron chi connectivity index (χ4n) is 6.28. The molecule has 0 saturated heterocycles. The van der Waals surface area contributed by atoms with E-state index < -0.39 is 57.5 Å². The lowest BCUT2D eigenvalue weighted by molar-refractivity contribution is -0.188.